The van der Waals surface area contributed by atoms with Crippen molar-refractivity contribution in [1.82, 2.24) is 0 Å². The first-order valence-electron chi connectivity index (χ1n) is 4.57. The van der Waals surface area contributed by atoms with Gasteiger partial charge in [0.1, 0.15) is 0 Å². The van der Waals surface area contributed by atoms with Crippen molar-refractivity contribution in [3.8, 4) is 0 Å². The van der Waals surface area contributed by atoms with Gasteiger partial charge in [-0.2, -0.15) is 0 Å². The Morgan fingerprint density at radius 2 is 2.23 bits per heavy atom. The molecule has 0 saturated carbocycles. The number of aldehydes is 1. The van der Waals surface area contributed by atoms with Crippen LogP contribution in [0.5, 0.6) is 0 Å². The van der Waals surface area contributed by atoms with Crippen molar-refractivity contribution in [2.45, 2.75) is 20.3 Å². The van der Waals surface area contributed by atoms with Gasteiger partial charge in [-0.15, -0.1) is 0 Å². The van der Waals surface area contributed by atoms with E-state index in [0.29, 0.717) is 0 Å². The molecule has 0 radical (unpaired) electrons. The molecule has 13 heavy (non-hydrogen) atoms. The van der Waals surface area contributed by atoms with Crippen molar-refractivity contribution >= 4 is 12.0 Å². The van der Waals surface area contributed by atoms with Crippen molar-refractivity contribution in [3.05, 3.63) is 29.3 Å². The second kappa shape index (κ2) is 4.65. The molecule has 2 heteroatoms. The summed E-state index contributed by atoms with van der Waals surface area (Å²) in [6.45, 7) is 5.03. The van der Waals surface area contributed by atoms with E-state index in [4.69, 9.17) is 0 Å². The van der Waals surface area contributed by atoms with Crippen molar-refractivity contribution in [1.29, 1.82) is 0 Å². The molecule has 0 bridgehead atoms. The lowest BCUT2D eigenvalue weighted by Gasteiger charge is -2.07. The van der Waals surface area contributed by atoms with Gasteiger partial charge in [0, 0.05) is 17.8 Å². The molecular formula is C11H15NO. The van der Waals surface area contributed by atoms with Crippen molar-refractivity contribution in [2.24, 2.45) is 0 Å². The van der Waals surface area contributed by atoms with E-state index in [9.17, 15) is 4.79 Å². The zero-order valence-corrected chi connectivity index (χ0v) is 8.13. The van der Waals surface area contributed by atoms with Gasteiger partial charge in [-0.25, -0.2) is 0 Å². The number of rotatable bonds is 4. The van der Waals surface area contributed by atoms with Gasteiger partial charge < -0.3 is 5.32 Å². The molecule has 1 N–H and O–H groups in total. The van der Waals surface area contributed by atoms with Gasteiger partial charge in [-0.05, 0) is 31.0 Å². The van der Waals surface area contributed by atoms with Gasteiger partial charge in [0.15, 0.2) is 6.29 Å². The monoisotopic (exact) mass is 177 g/mol. The fourth-order valence-corrected chi connectivity index (χ4v) is 1.19. The number of nitrogens with one attached hydrogen (secondary N) is 1. The molecule has 0 saturated heterocycles. The van der Waals surface area contributed by atoms with Gasteiger partial charge in [0.2, 0.25) is 0 Å². The first-order chi connectivity index (χ1) is 6.27. The maximum Gasteiger partial charge on any atom is 0.152 e. The van der Waals surface area contributed by atoms with Crippen LogP contribution in [0.4, 0.5) is 5.69 Å². The topological polar surface area (TPSA) is 29.1 Å². The summed E-state index contributed by atoms with van der Waals surface area (Å²) >= 11 is 0. The number of carbonyl (C=O) groups excluding carboxylic acids is 1. The average molecular weight is 177 g/mol. The predicted molar refractivity (Wildman–Crippen MR) is 55.3 cm³/mol. The molecule has 1 aromatic rings. The molecule has 2 nitrogen and oxygen atoms in total. The molecule has 1 aromatic carbocycles. The summed E-state index contributed by atoms with van der Waals surface area (Å²) in [5, 5.41) is 3.22. The molecule has 0 atom stereocenters. The second-order valence-corrected chi connectivity index (χ2v) is 3.14. The van der Waals surface area contributed by atoms with Gasteiger partial charge in [0.05, 0.1) is 0 Å². The molecule has 0 heterocycles. The van der Waals surface area contributed by atoms with Crippen LogP contribution in [-0.4, -0.2) is 12.8 Å². The van der Waals surface area contributed by atoms with Crippen LogP contribution in [0.15, 0.2) is 18.2 Å². The Hall–Kier alpha value is -1.31. The normalized spacial score (nSPS) is 9.69. The third-order valence-corrected chi connectivity index (χ3v) is 1.90. The van der Waals surface area contributed by atoms with Crippen LogP contribution in [0.1, 0.15) is 29.3 Å². The lowest BCUT2D eigenvalue weighted by molar-refractivity contribution is 0.112. The van der Waals surface area contributed by atoms with Crippen molar-refractivity contribution in [3.63, 3.8) is 0 Å². The van der Waals surface area contributed by atoms with E-state index in [1.165, 1.54) is 5.56 Å². The zero-order valence-electron chi connectivity index (χ0n) is 8.13. The number of benzene rings is 1. The summed E-state index contributed by atoms with van der Waals surface area (Å²) < 4.78 is 0. The minimum Gasteiger partial charge on any atom is -0.384 e. The van der Waals surface area contributed by atoms with Crippen LogP contribution >= 0.6 is 0 Å². The first-order valence-corrected chi connectivity index (χ1v) is 4.57. The quantitative estimate of drug-likeness (QED) is 0.716. The largest absolute Gasteiger partial charge is 0.384 e. The number of aryl methyl sites for hydroxylation is 1. The van der Waals surface area contributed by atoms with Gasteiger partial charge in [0.25, 0.3) is 0 Å². The minimum absolute atomic E-state index is 0.735. The maximum absolute atomic E-state index is 10.7. The molecule has 0 aliphatic heterocycles. The maximum atomic E-state index is 10.7. The van der Waals surface area contributed by atoms with E-state index in [1.54, 1.807) is 0 Å². The van der Waals surface area contributed by atoms with Gasteiger partial charge >= 0.3 is 0 Å². The number of carbonyl (C=O) groups is 1. The van der Waals surface area contributed by atoms with Crippen LogP contribution in [0, 0.1) is 6.92 Å². The third-order valence-electron chi connectivity index (χ3n) is 1.90. The highest BCUT2D eigenvalue weighted by Gasteiger charge is 1.99. The smallest absolute Gasteiger partial charge is 0.152 e. The Bertz CT molecular complexity index is 294. The standard InChI is InChI=1S/C11H15NO/c1-3-6-12-11-7-9(2)4-5-10(11)8-13/h4-5,7-8,12H,3,6H2,1-2H3. The van der Waals surface area contributed by atoms with Crippen molar-refractivity contribution < 1.29 is 4.79 Å². The molecule has 0 spiro atoms. The average Bonchev–Trinajstić information content (AvgIpc) is 2.15. The molecule has 0 amide bonds. The van der Waals surface area contributed by atoms with Crippen LogP contribution in [0.3, 0.4) is 0 Å². The number of hydrogen-bond acceptors (Lipinski definition) is 2. The van der Waals surface area contributed by atoms with Gasteiger partial charge in [-0.1, -0.05) is 13.0 Å². The van der Waals surface area contributed by atoms with Crippen LogP contribution < -0.4 is 5.32 Å². The Kier molecular flexibility index (Phi) is 3.50. The lowest BCUT2D eigenvalue weighted by atomic mass is 10.1. The molecule has 0 aliphatic carbocycles. The summed E-state index contributed by atoms with van der Waals surface area (Å²) in [4.78, 5) is 10.7. The first kappa shape index (κ1) is 9.78. The second-order valence-electron chi connectivity index (χ2n) is 3.14. The Morgan fingerprint density at radius 1 is 1.46 bits per heavy atom. The summed E-state index contributed by atoms with van der Waals surface area (Å²) in [5.41, 5.74) is 2.85. The zero-order chi connectivity index (χ0) is 9.68. The molecule has 70 valence electrons. The van der Waals surface area contributed by atoms with E-state index >= 15 is 0 Å². The SMILES string of the molecule is CCCNc1cc(C)ccc1C=O. The van der Waals surface area contributed by atoms with Crippen LogP contribution in [-0.2, 0) is 0 Å². The Labute approximate surface area is 79.0 Å². The molecule has 0 aromatic heterocycles. The Morgan fingerprint density at radius 3 is 2.85 bits per heavy atom. The van der Waals surface area contributed by atoms with E-state index in [1.807, 2.05) is 25.1 Å². The minimum atomic E-state index is 0.735. The molecule has 0 fully saturated rings. The molecular weight excluding hydrogens is 162 g/mol. The fraction of sp³-hybridized carbons (Fsp3) is 0.364. The predicted octanol–water partition coefficient (Wildman–Crippen LogP) is 2.63. The fourth-order valence-electron chi connectivity index (χ4n) is 1.19. The lowest BCUT2D eigenvalue weighted by Crippen LogP contribution is -2.02. The highest BCUT2D eigenvalue weighted by molar-refractivity contribution is 5.84. The van der Waals surface area contributed by atoms with Crippen LogP contribution in [0.25, 0.3) is 0 Å². The number of anilines is 1. The van der Waals surface area contributed by atoms with E-state index in [0.717, 1.165) is 30.5 Å². The van der Waals surface area contributed by atoms with Crippen molar-refractivity contribution in [2.75, 3.05) is 11.9 Å². The summed E-state index contributed by atoms with van der Waals surface area (Å²) in [6.07, 6.45) is 1.95. The molecule has 0 unspecified atom stereocenters. The molecule has 1 rings (SSSR count). The third kappa shape index (κ3) is 2.58. The summed E-state index contributed by atoms with van der Waals surface area (Å²) in [6, 6.07) is 5.79. The highest BCUT2D eigenvalue weighted by atomic mass is 16.1. The van der Waals surface area contributed by atoms with Crippen LogP contribution in [0.2, 0.25) is 0 Å². The molecule has 0 aliphatic rings. The summed E-state index contributed by atoms with van der Waals surface area (Å²) in [5.74, 6) is 0. The summed E-state index contributed by atoms with van der Waals surface area (Å²) in [7, 11) is 0. The van der Waals surface area contributed by atoms with E-state index < -0.39 is 0 Å². The van der Waals surface area contributed by atoms with Gasteiger partial charge in [-0.3, -0.25) is 4.79 Å². The van der Waals surface area contributed by atoms with E-state index in [2.05, 4.69) is 12.2 Å². The number of hydrogen-bond donors (Lipinski definition) is 1. The highest BCUT2D eigenvalue weighted by Crippen LogP contribution is 2.15. The Balaban J connectivity index is 2.87. The van der Waals surface area contributed by atoms with E-state index in [-0.39, 0.29) is 0 Å².